The molecule has 0 aromatic carbocycles. The molecular weight excluding hydrogens is 242 g/mol. The van der Waals surface area contributed by atoms with E-state index in [1.807, 2.05) is 0 Å². The Balaban J connectivity index is 2.73. The van der Waals surface area contributed by atoms with Crippen LogP contribution < -0.4 is 5.32 Å². The Morgan fingerprint density at radius 3 is 1.85 bits per heavy atom. The molecule has 1 saturated carbocycles. The van der Waals surface area contributed by atoms with Crippen molar-refractivity contribution in [2.75, 3.05) is 6.54 Å². The Morgan fingerprint density at radius 1 is 0.850 bits per heavy atom. The molecule has 20 heavy (non-hydrogen) atoms. The third-order valence-corrected chi connectivity index (χ3v) is 5.18. The predicted molar refractivity (Wildman–Crippen MR) is 91.1 cm³/mol. The topological polar surface area (TPSA) is 12.0 Å². The van der Waals surface area contributed by atoms with Crippen LogP contribution in [0.4, 0.5) is 0 Å². The molecule has 1 nitrogen and oxygen atoms in total. The zero-order valence-corrected chi connectivity index (χ0v) is 14.8. The molecule has 0 aromatic heterocycles. The van der Waals surface area contributed by atoms with Crippen molar-refractivity contribution >= 4 is 0 Å². The molecule has 0 spiro atoms. The third-order valence-electron chi connectivity index (χ3n) is 5.18. The minimum Gasteiger partial charge on any atom is -0.313 e. The largest absolute Gasteiger partial charge is 0.313 e. The molecule has 120 valence electrons. The molecule has 0 aliphatic heterocycles. The molecule has 3 unspecified atom stereocenters. The van der Waals surface area contributed by atoms with Crippen LogP contribution in [0, 0.1) is 23.7 Å². The lowest BCUT2D eigenvalue weighted by molar-refractivity contribution is 0.134. The summed E-state index contributed by atoms with van der Waals surface area (Å²) in [6.07, 6.45) is 11.1. The first-order valence-electron chi connectivity index (χ1n) is 9.35. The van der Waals surface area contributed by atoms with Gasteiger partial charge in [-0.05, 0) is 68.7 Å². The van der Waals surface area contributed by atoms with Gasteiger partial charge in [0, 0.05) is 6.04 Å². The van der Waals surface area contributed by atoms with E-state index < -0.39 is 0 Å². The average Bonchev–Trinajstić information content (AvgIpc) is 2.38. The summed E-state index contributed by atoms with van der Waals surface area (Å²) in [5, 5.41) is 3.95. The first-order chi connectivity index (χ1) is 9.62. The SMILES string of the molecule is CCCNC(C(CCC)CCC)C1CC(C)CC(C)C1. The molecule has 1 N–H and O–H groups in total. The Bertz CT molecular complexity index is 222. The van der Waals surface area contributed by atoms with E-state index in [0.29, 0.717) is 0 Å². The number of hydrogen-bond acceptors (Lipinski definition) is 1. The maximum absolute atomic E-state index is 3.95. The highest BCUT2D eigenvalue weighted by Gasteiger charge is 2.33. The fraction of sp³-hybridized carbons (Fsp3) is 1.00. The van der Waals surface area contributed by atoms with Gasteiger partial charge in [-0.25, -0.2) is 0 Å². The van der Waals surface area contributed by atoms with E-state index in [2.05, 4.69) is 39.9 Å². The van der Waals surface area contributed by atoms with Crippen molar-refractivity contribution in [1.29, 1.82) is 0 Å². The van der Waals surface area contributed by atoms with Crippen molar-refractivity contribution in [3.8, 4) is 0 Å². The first-order valence-corrected chi connectivity index (χ1v) is 9.35. The zero-order valence-electron chi connectivity index (χ0n) is 14.8. The minimum absolute atomic E-state index is 0.778. The maximum Gasteiger partial charge on any atom is 0.0124 e. The smallest absolute Gasteiger partial charge is 0.0124 e. The first kappa shape index (κ1) is 18.0. The second kappa shape index (κ2) is 9.82. The number of rotatable bonds is 9. The van der Waals surface area contributed by atoms with E-state index in [9.17, 15) is 0 Å². The van der Waals surface area contributed by atoms with Crippen LogP contribution >= 0.6 is 0 Å². The van der Waals surface area contributed by atoms with Gasteiger partial charge in [0.2, 0.25) is 0 Å². The van der Waals surface area contributed by atoms with Crippen molar-refractivity contribution in [2.24, 2.45) is 23.7 Å². The fourth-order valence-corrected chi connectivity index (χ4v) is 4.58. The lowest BCUT2D eigenvalue weighted by Gasteiger charge is -2.41. The highest BCUT2D eigenvalue weighted by Crippen LogP contribution is 2.38. The molecule has 0 heterocycles. The van der Waals surface area contributed by atoms with Gasteiger partial charge in [0.25, 0.3) is 0 Å². The third kappa shape index (κ3) is 5.76. The molecule has 1 rings (SSSR count). The maximum atomic E-state index is 3.95. The van der Waals surface area contributed by atoms with Gasteiger partial charge in [-0.2, -0.15) is 0 Å². The van der Waals surface area contributed by atoms with Crippen molar-refractivity contribution in [3.05, 3.63) is 0 Å². The average molecular weight is 282 g/mol. The Labute approximate surface area is 128 Å². The highest BCUT2D eigenvalue weighted by molar-refractivity contribution is 4.88. The molecule has 3 atom stereocenters. The lowest BCUT2D eigenvalue weighted by Crippen LogP contribution is -2.45. The minimum atomic E-state index is 0.778. The monoisotopic (exact) mass is 281 g/mol. The quantitative estimate of drug-likeness (QED) is 0.576. The van der Waals surface area contributed by atoms with E-state index in [1.54, 1.807) is 0 Å². The van der Waals surface area contributed by atoms with E-state index in [4.69, 9.17) is 0 Å². The van der Waals surface area contributed by atoms with Gasteiger partial charge in [0.05, 0.1) is 0 Å². The van der Waals surface area contributed by atoms with Gasteiger partial charge in [-0.3, -0.25) is 0 Å². The second-order valence-electron chi connectivity index (χ2n) is 7.49. The normalized spacial score (nSPS) is 28.8. The molecule has 0 aromatic rings. The van der Waals surface area contributed by atoms with Crippen LogP contribution in [0.25, 0.3) is 0 Å². The van der Waals surface area contributed by atoms with Gasteiger partial charge < -0.3 is 5.32 Å². The zero-order chi connectivity index (χ0) is 15.0. The van der Waals surface area contributed by atoms with Crippen molar-refractivity contribution in [2.45, 2.75) is 92.0 Å². The van der Waals surface area contributed by atoms with Crippen LogP contribution in [0.5, 0.6) is 0 Å². The van der Waals surface area contributed by atoms with Crippen molar-refractivity contribution in [1.82, 2.24) is 5.32 Å². The molecule has 0 radical (unpaired) electrons. The second-order valence-corrected chi connectivity index (χ2v) is 7.49. The number of hydrogen-bond donors (Lipinski definition) is 1. The summed E-state index contributed by atoms with van der Waals surface area (Å²) in [6.45, 7) is 13.1. The summed E-state index contributed by atoms with van der Waals surface area (Å²) in [5.41, 5.74) is 0. The summed E-state index contributed by atoms with van der Waals surface area (Å²) in [5.74, 6) is 3.68. The van der Waals surface area contributed by atoms with Crippen LogP contribution in [0.15, 0.2) is 0 Å². The van der Waals surface area contributed by atoms with Crippen LogP contribution in [-0.4, -0.2) is 12.6 Å². The summed E-state index contributed by atoms with van der Waals surface area (Å²) in [6, 6.07) is 0.778. The highest BCUT2D eigenvalue weighted by atomic mass is 14.9. The molecule has 0 saturated heterocycles. The van der Waals surface area contributed by atoms with Gasteiger partial charge in [0.1, 0.15) is 0 Å². The van der Waals surface area contributed by atoms with E-state index in [0.717, 1.165) is 29.7 Å². The van der Waals surface area contributed by atoms with Gasteiger partial charge in [-0.1, -0.05) is 47.5 Å². The Morgan fingerprint density at radius 2 is 1.40 bits per heavy atom. The molecule has 0 bridgehead atoms. The van der Waals surface area contributed by atoms with E-state index >= 15 is 0 Å². The van der Waals surface area contributed by atoms with Crippen LogP contribution in [0.1, 0.15) is 86.0 Å². The van der Waals surface area contributed by atoms with E-state index in [1.165, 1.54) is 57.9 Å². The Hall–Kier alpha value is -0.0400. The lowest BCUT2D eigenvalue weighted by atomic mass is 9.70. The van der Waals surface area contributed by atoms with Gasteiger partial charge in [0.15, 0.2) is 0 Å². The van der Waals surface area contributed by atoms with Crippen LogP contribution in [0.2, 0.25) is 0 Å². The fourth-order valence-electron chi connectivity index (χ4n) is 4.58. The predicted octanol–water partition coefficient (Wildman–Crippen LogP) is 5.64. The molecule has 0 amide bonds. The van der Waals surface area contributed by atoms with E-state index in [-0.39, 0.29) is 0 Å². The summed E-state index contributed by atoms with van der Waals surface area (Å²) in [7, 11) is 0. The summed E-state index contributed by atoms with van der Waals surface area (Å²) in [4.78, 5) is 0. The molecule has 1 heteroatoms. The summed E-state index contributed by atoms with van der Waals surface area (Å²) < 4.78 is 0. The van der Waals surface area contributed by atoms with Crippen LogP contribution in [-0.2, 0) is 0 Å². The molecule has 1 aliphatic carbocycles. The van der Waals surface area contributed by atoms with Gasteiger partial charge >= 0.3 is 0 Å². The molecule has 1 fully saturated rings. The van der Waals surface area contributed by atoms with Crippen molar-refractivity contribution in [3.63, 3.8) is 0 Å². The Kier molecular flexibility index (Phi) is 8.84. The summed E-state index contributed by atoms with van der Waals surface area (Å²) >= 11 is 0. The standard InChI is InChI=1S/C19H39N/c1-6-9-17(10-7-2)19(20-11-8-3)18-13-15(4)12-16(5)14-18/h15-20H,6-14H2,1-5H3. The molecular formula is C19H39N. The number of nitrogens with one attached hydrogen (secondary N) is 1. The van der Waals surface area contributed by atoms with Gasteiger partial charge in [-0.15, -0.1) is 0 Å². The molecule has 1 aliphatic rings. The van der Waals surface area contributed by atoms with Crippen LogP contribution in [0.3, 0.4) is 0 Å². The van der Waals surface area contributed by atoms with Crippen molar-refractivity contribution < 1.29 is 0 Å².